The number of nitrogens with one attached hydrogen (secondary N) is 2. The summed E-state index contributed by atoms with van der Waals surface area (Å²) in [5.41, 5.74) is 0.958. The predicted octanol–water partition coefficient (Wildman–Crippen LogP) is 4.68. The van der Waals surface area contributed by atoms with Gasteiger partial charge in [0.25, 0.3) is 5.56 Å². The molecule has 0 spiro atoms. The minimum atomic E-state index is -3.11. The maximum absolute atomic E-state index is 14.9. The first-order chi connectivity index (χ1) is 18.2. The van der Waals surface area contributed by atoms with E-state index in [4.69, 9.17) is 16.3 Å². The van der Waals surface area contributed by atoms with E-state index in [1.165, 1.54) is 10.8 Å². The fraction of sp³-hybridized carbons (Fsp3) is 0.462. The fourth-order valence-electron chi connectivity index (χ4n) is 5.28. The molecule has 2 aliphatic heterocycles. The molecule has 1 aliphatic carbocycles. The summed E-state index contributed by atoms with van der Waals surface area (Å²) >= 11 is 6.41. The Hall–Kier alpha value is -3.65. The molecule has 2 atom stereocenters. The van der Waals surface area contributed by atoms with Crippen molar-refractivity contribution in [2.24, 2.45) is 18.9 Å². The second-order valence-corrected chi connectivity index (χ2v) is 10.6. The molecule has 4 heterocycles. The van der Waals surface area contributed by atoms with Gasteiger partial charge in [0, 0.05) is 31.2 Å². The smallest absolute Gasteiger partial charge is 0.301 e. The number of alkyl halides is 2. The van der Waals surface area contributed by atoms with E-state index in [2.05, 4.69) is 26.7 Å². The lowest BCUT2D eigenvalue weighted by Gasteiger charge is -2.29. The van der Waals surface area contributed by atoms with Gasteiger partial charge in [-0.15, -0.1) is 0 Å². The van der Waals surface area contributed by atoms with Crippen LogP contribution in [0.2, 0.25) is 5.02 Å². The summed E-state index contributed by atoms with van der Waals surface area (Å²) < 4.78 is 36.6. The highest BCUT2D eigenvalue weighted by molar-refractivity contribution is 6.32. The molecule has 1 unspecified atom stereocenters. The average molecular weight is 542 g/mol. The summed E-state index contributed by atoms with van der Waals surface area (Å²) in [6, 6.07) is 6.48. The van der Waals surface area contributed by atoms with Crippen LogP contribution in [0.3, 0.4) is 0 Å². The van der Waals surface area contributed by atoms with Crippen LogP contribution in [0, 0.1) is 23.2 Å². The molecular weight excluding hydrogens is 516 g/mol. The molecule has 0 bridgehead atoms. The Bertz CT molecular complexity index is 1520. The van der Waals surface area contributed by atoms with Crippen LogP contribution in [0.25, 0.3) is 10.9 Å². The molecule has 0 amide bonds. The lowest BCUT2D eigenvalue weighted by atomic mass is 10.0. The number of nitrogens with zero attached hydrogens (tertiary/aromatic N) is 5. The number of aromatic nitrogens is 3. The summed E-state index contributed by atoms with van der Waals surface area (Å²) in [5, 5.41) is 16.4. The van der Waals surface area contributed by atoms with Crippen LogP contribution in [-0.4, -0.2) is 46.2 Å². The zero-order chi connectivity index (χ0) is 26.6. The van der Waals surface area contributed by atoms with Crippen molar-refractivity contribution >= 4 is 45.6 Å². The number of halogens is 3. The van der Waals surface area contributed by atoms with Crippen LogP contribution in [-0.2, 0) is 7.05 Å². The van der Waals surface area contributed by atoms with Gasteiger partial charge in [-0.05, 0) is 49.8 Å². The second-order valence-electron chi connectivity index (χ2n) is 10.2. The Kier molecular flexibility index (Phi) is 6.02. The van der Waals surface area contributed by atoms with Crippen molar-refractivity contribution in [3.63, 3.8) is 0 Å². The lowest BCUT2D eigenvalue weighted by molar-refractivity contribution is -0.0579. The van der Waals surface area contributed by atoms with Gasteiger partial charge in [0.1, 0.15) is 5.02 Å². The number of nitriles is 1. The lowest BCUT2D eigenvalue weighted by Crippen LogP contribution is -2.44. The van der Waals surface area contributed by atoms with Gasteiger partial charge in [-0.3, -0.25) is 4.79 Å². The van der Waals surface area contributed by atoms with Crippen molar-refractivity contribution in [1.82, 2.24) is 14.5 Å². The molecule has 2 N–H and O–H groups in total. The average Bonchev–Trinajstić information content (AvgIpc) is 3.76. The zero-order valence-electron chi connectivity index (χ0n) is 20.7. The van der Waals surface area contributed by atoms with E-state index in [1.807, 2.05) is 4.90 Å². The van der Waals surface area contributed by atoms with E-state index in [0.29, 0.717) is 52.8 Å². The Labute approximate surface area is 222 Å². The SMILES string of the molecule is Cn1c(=O)c2c(c3cc(Nc4nc(N5CCCC(C#N)C5)ncc4Cl)ccc31)N[C@@H](C1CC1)C(F)(F)CO2. The van der Waals surface area contributed by atoms with Gasteiger partial charge >= 0.3 is 5.92 Å². The van der Waals surface area contributed by atoms with Crippen molar-refractivity contribution < 1.29 is 13.5 Å². The second kappa shape index (κ2) is 9.27. The topological polar surface area (TPSA) is 108 Å². The number of hydrogen-bond donors (Lipinski definition) is 2. The molecule has 2 aromatic heterocycles. The molecule has 9 nitrogen and oxygen atoms in total. The predicted molar refractivity (Wildman–Crippen MR) is 141 cm³/mol. The van der Waals surface area contributed by atoms with Gasteiger partial charge in [0.2, 0.25) is 11.7 Å². The van der Waals surface area contributed by atoms with Crippen molar-refractivity contribution in [1.29, 1.82) is 5.26 Å². The first-order valence-corrected chi connectivity index (χ1v) is 13.0. The number of rotatable bonds is 4. The number of pyridine rings is 1. The van der Waals surface area contributed by atoms with Gasteiger partial charge in [-0.2, -0.15) is 10.2 Å². The summed E-state index contributed by atoms with van der Waals surface area (Å²) in [5.74, 6) is -2.63. The summed E-state index contributed by atoms with van der Waals surface area (Å²) in [6.45, 7) is 0.440. The minimum absolute atomic E-state index is 0.0802. The third kappa shape index (κ3) is 4.36. The van der Waals surface area contributed by atoms with Gasteiger partial charge in [0.05, 0.1) is 35.4 Å². The van der Waals surface area contributed by atoms with Gasteiger partial charge < -0.3 is 24.8 Å². The number of ether oxygens (including phenoxy) is 1. The third-order valence-electron chi connectivity index (χ3n) is 7.49. The fourth-order valence-corrected chi connectivity index (χ4v) is 5.42. The Morgan fingerprint density at radius 3 is 2.89 bits per heavy atom. The summed E-state index contributed by atoms with van der Waals surface area (Å²) in [4.78, 5) is 23.9. The van der Waals surface area contributed by atoms with E-state index in [1.54, 1.807) is 25.2 Å². The molecule has 0 radical (unpaired) electrons. The van der Waals surface area contributed by atoms with E-state index >= 15 is 0 Å². The highest BCUT2D eigenvalue weighted by Crippen LogP contribution is 2.45. The van der Waals surface area contributed by atoms with Crippen molar-refractivity contribution in [3.05, 3.63) is 39.8 Å². The van der Waals surface area contributed by atoms with Crippen molar-refractivity contribution in [2.45, 2.75) is 37.6 Å². The highest BCUT2D eigenvalue weighted by Gasteiger charge is 2.51. The molecular formula is C26H26ClF2N7O2. The molecule has 1 saturated heterocycles. The number of aryl methyl sites for hydroxylation is 1. The Morgan fingerprint density at radius 1 is 1.32 bits per heavy atom. The molecule has 1 saturated carbocycles. The number of fused-ring (bicyclic) bond motifs is 3. The standard InChI is InChI=1S/C26H26ClF2N7O2/c1-35-19-7-6-16(32-23-18(27)11-31-25(34-23)36-8-2-3-14(10-30)12-36)9-17(19)20-21(24(35)37)38-13-26(28,29)22(33-20)15-4-5-15/h6-7,9,11,14-15,22,33H,2-5,8,12-13H2,1H3,(H,31,32,34)/t14?,22-/m0/s1. The van der Waals surface area contributed by atoms with E-state index in [0.717, 1.165) is 19.4 Å². The van der Waals surface area contributed by atoms with Crippen molar-refractivity contribution in [2.75, 3.05) is 35.2 Å². The number of hydrogen-bond acceptors (Lipinski definition) is 8. The first-order valence-electron chi connectivity index (χ1n) is 12.6. The quantitative estimate of drug-likeness (QED) is 0.490. The number of anilines is 4. The van der Waals surface area contributed by atoms with Gasteiger partial charge in [0.15, 0.2) is 12.4 Å². The van der Waals surface area contributed by atoms with E-state index in [9.17, 15) is 18.8 Å². The molecule has 3 aromatic rings. The van der Waals surface area contributed by atoms with Crippen LogP contribution in [0.15, 0.2) is 29.2 Å². The molecule has 1 aromatic carbocycles. The Morgan fingerprint density at radius 2 is 2.13 bits per heavy atom. The first kappa shape index (κ1) is 24.7. The van der Waals surface area contributed by atoms with Gasteiger partial charge in [-0.1, -0.05) is 11.6 Å². The number of benzene rings is 1. The molecule has 6 rings (SSSR count). The summed E-state index contributed by atoms with van der Waals surface area (Å²) in [7, 11) is 1.59. The van der Waals surface area contributed by atoms with Gasteiger partial charge in [-0.25, -0.2) is 13.8 Å². The number of piperidine rings is 1. The normalized spacial score (nSPS) is 22.6. The maximum Gasteiger partial charge on any atom is 0.301 e. The highest BCUT2D eigenvalue weighted by atomic mass is 35.5. The minimum Gasteiger partial charge on any atom is -0.480 e. The van der Waals surface area contributed by atoms with E-state index < -0.39 is 24.1 Å². The third-order valence-corrected chi connectivity index (χ3v) is 7.77. The maximum atomic E-state index is 14.9. The van der Waals surface area contributed by atoms with Crippen LogP contribution >= 0.6 is 11.6 Å². The van der Waals surface area contributed by atoms with E-state index in [-0.39, 0.29) is 23.3 Å². The molecule has 3 aliphatic rings. The van der Waals surface area contributed by atoms with Crippen LogP contribution in [0.5, 0.6) is 5.75 Å². The molecule has 2 fully saturated rings. The van der Waals surface area contributed by atoms with Crippen LogP contribution in [0.4, 0.5) is 31.9 Å². The molecule has 12 heteroatoms. The molecule has 198 valence electrons. The zero-order valence-corrected chi connectivity index (χ0v) is 21.4. The van der Waals surface area contributed by atoms with Crippen molar-refractivity contribution in [3.8, 4) is 11.8 Å². The van der Waals surface area contributed by atoms with Crippen LogP contribution in [0.1, 0.15) is 25.7 Å². The van der Waals surface area contributed by atoms with Crippen LogP contribution < -0.4 is 25.8 Å². The Balaban J connectivity index is 1.38. The largest absolute Gasteiger partial charge is 0.480 e. The monoisotopic (exact) mass is 541 g/mol. The summed E-state index contributed by atoms with van der Waals surface area (Å²) in [6.07, 6.45) is 4.65. The molecule has 38 heavy (non-hydrogen) atoms.